The van der Waals surface area contributed by atoms with Crippen molar-refractivity contribution in [2.75, 3.05) is 19.6 Å². The molecule has 2 unspecified atom stereocenters. The van der Waals surface area contributed by atoms with Crippen molar-refractivity contribution < 1.29 is 0 Å². The highest BCUT2D eigenvalue weighted by molar-refractivity contribution is 5.04. The minimum absolute atomic E-state index is 0.413. The summed E-state index contributed by atoms with van der Waals surface area (Å²) >= 11 is 0. The number of likely N-dealkylation sites (tertiary alicyclic amines) is 1. The maximum Gasteiger partial charge on any atom is 0.0357 e. The Bertz CT molecular complexity index is 159. The van der Waals surface area contributed by atoms with Crippen LogP contribution in [0.2, 0.25) is 0 Å². The van der Waals surface area contributed by atoms with Crippen molar-refractivity contribution in [1.29, 1.82) is 0 Å². The van der Waals surface area contributed by atoms with Crippen molar-refractivity contribution in [2.45, 2.75) is 38.1 Å². The summed E-state index contributed by atoms with van der Waals surface area (Å²) in [6, 6.07) is 0. The molecule has 1 saturated carbocycles. The van der Waals surface area contributed by atoms with Crippen LogP contribution in [0.1, 0.15) is 32.6 Å². The number of hydrogen-bond acceptors (Lipinski definition) is 2. The summed E-state index contributed by atoms with van der Waals surface area (Å²) < 4.78 is 0. The lowest BCUT2D eigenvalue weighted by Gasteiger charge is -2.53. The second kappa shape index (κ2) is 3.00. The normalized spacial score (nSPS) is 43.0. The van der Waals surface area contributed by atoms with Gasteiger partial charge in [-0.2, -0.15) is 0 Å². The van der Waals surface area contributed by atoms with Crippen molar-refractivity contribution in [3.8, 4) is 0 Å². The number of hydrogen-bond donors (Lipinski definition) is 1. The lowest BCUT2D eigenvalue weighted by molar-refractivity contribution is -0.0138. The SMILES string of the molecule is CC1CCC1(CN)N1CCCC1. The number of nitrogens with two attached hydrogens (primary N) is 1. The highest BCUT2D eigenvalue weighted by Gasteiger charge is 2.47. The molecule has 2 atom stereocenters. The van der Waals surface area contributed by atoms with Crippen LogP contribution in [0.25, 0.3) is 0 Å². The standard InChI is InChI=1S/C10H20N2/c1-9-4-5-10(9,8-11)12-6-2-3-7-12/h9H,2-8,11H2,1H3. The Labute approximate surface area is 75.1 Å². The van der Waals surface area contributed by atoms with Crippen molar-refractivity contribution >= 4 is 0 Å². The van der Waals surface area contributed by atoms with Crippen LogP contribution >= 0.6 is 0 Å². The van der Waals surface area contributed by atoms with Gasteiger partial charge in [0.25, 0.3) is 0 Å². The van der Waals surface area contributed by atoms with Crippen LogP contribution in [-0.4, -0.2) is 30.1 Å². The predicted octanol–water partition coefficient (Wildman–Crippen LogP) is 1.21. The fourth-order valence-corrected chi connectivity index (χ4v) is 2.83. The van der Waals surface area contributed by atoms with E-state index in [9.17, 15) is 0 Å². The molecule has 2 aliphatic rings. The highest BCUT2D eigenvalue weighted by atomic mass is 15.2. The third kappa shape index (κ3) is 1.01. The van der Waals surface area contributed by atoms with E-state index in [-0.39, 0.29) is 0 Å². The van der Waals surface area contributed by atoms with E-state index in [0.29, 0.717) is 5.54 Å². The van der Waals surface area contributed by atoms with Crippen LogP contribution in [0.15, 0.2) is 0 Å². The van der Waals surface area contributed by atoms with E-state index < -0.39 is 0 Å². The van der Waals surface area contributed by atoms with Gasteiger partial charge in [0.15, 0.2) is 0 Å². The Balaban J connectivity index is 2.06. The number of rotatable bonds is 2. The van der Waals surface area contributed by atoms with E-state index in [1.165, 1.54) is 38.8 Å². The van der Waals surface area contributed by atoms with Gasteiger partial charge in [-0.15, -0.1) is 0 Å². The van der Waals surface area contributed by atoms with Gasteiger partial charge >= 0.3 is 0 Å². The molecule has 0 aromatic rings. The minimum atomic E-state index is 0.413. The average Bonchev–Trinajstić information content (AvgIpc) is 2.57. The van der Waals surface area contributed by atoms with Gasteiger partial charge in [0.2, 0.25) is 0 Å². The van der Waals surface area contributed by atoms with Gasteiger partial charge in [-0.25, -0.2) is 0 Å². The van der Waals surface area contributed by atoms with Gasteiger partial charge in [-0.3, -0.25) is 4.90 Å². The molecule has 12 heavy (non-hydrogen) atoms. The topological polar surface area (TPSA) is 29.3 Å². The van der Waals surface area contributed by atoms with Crippen molar-refractivity contribution in [2.24, 2.45) is 11.7 Å². The zero-order valence-electron chi connectivity index (χ0n) is 8.05. The fraction of sp³-hybridized carbons (Fsp3) is 1.00. The molecule has 1 heterocycles. The molecule has 2 heteroatoms. The summed E-state index contributed by atoms with van der Waals surface area (Å²) in [4.78, 5) is 2.64. The lowest BCUT2D eigenvalue weighted by atomic mass is 9.66. The van der Waals surface area contributed by atoms with E-state index >= 15 is 0 Å². The van der Waals surface area contributed by atoms with Crippen molar-refractivity contribution in [3.05, 3.63) is 0 Å². The second-order valence-corrected chi connectivity index (χ2v) is 4.44. The summed E-state index contributed by atoms with van der Waals surface area (Å²) in [6.45, 7) is 5.81. The third-order valence-electron chi connectivity index (χ3n) is 4.02. The summed E-state index contributed by atoms with van der Waals surface area (Å²) in [7, 11) is 0. The Morgan fingerprint density at radius 1 is 1.42 bits per heavy atom. The molecule has 2 nitrogen and oxygen atoms in total. The second-order valence-electron chi connectivity index (χ2n) is 4.44. The van der Waals surface area contributed by atoms with Crippen LogP contribution in [0.5, 0.6) is 0 Å². The largest absolute Gasteiger partial charge is 0.329 e. The van der Waals surface area contributed by atoms with Crippen molar-refractivity contribution in [3.63, 3.8) is 0 Å². The van der Waals surface area contributed by atoms with Crippen LogP contribution < -0.4 is 5.73 Å². The monoisotopic (exact) mass is 168 g/mol. The van der Waals surface area contributed by atoms with Gasteiger partial charge in [0.05, 0.1) is 0 Å². The van der Waals surface area contributed by atoms with Gasteiger partial charge < -0.3 is 5.73 Å². The molecule has 0 aromatic carbocycles. The zero-order valence-corrected chi connectivity index (χ0v) is 8.05. The third-order valence-corrected chi connectivity index (χ3v) is 4.02. The molecule has 0 spiro atoms. The first-order chi connectivity index (χ1) is 5.79. The molecule has 2 N–H and O–H groups in total. The molecule has 2 rings (SSSR count). The van der Waals surface area contributed by atoms with Crippen LogP contribution in [0.3, 0.4) is 0 Å². The van der Waals surface area contributed by atoms with E-state index in [1.807, 2.05) is 0 Å². The fourth-order valence-electron chi connectivity index (χ4n) is 2.83. The highest BCUT2D eigenvalue weighted by Crippen LogP contribution is 2.43. The van der Waals surface area contributed by atoms with Gasteiger partial charge in [-0.1, -0.05) is 6.92 Å². The molecule has 1 aliphatic heterocycles. The quantitative estimate of drug-likeness (QED) is 0.671. The molecule has 0 bridgehead atoms. The zero-order chi connectivity index (χ0) is 8.60. The molecule has 2 fully saturated rings. The first-order valence-electron chi connectivity index (χ1n) is 5.25. The maximum absolute atomic E-state index is 5.90. The Morgan fingerprint density at radius 2 is 2.08 bits per heavy atom. The van der Waals surface area contributed by atoms with E-state index in [1.54, 1.807) is 0 Å². The molecule has 0 aromatic heterocycles. The van der Waals surface area contributed by atoms with Crippen LogP contribution in [0.4, 0.5) is 0 Å². The number of nitrogens with zero attached hydrogens (tertiary/aromatic N) is 1. The molecule has 70 valence electrons. The first kappa shape index (κ1) is 8.52. The molecule has 0 radical (unpaired) electrons. The van der Waals surface area contributed by atoms with E-state index in [4.69, 9.17) is 5.73 Å². The Morgan fingerprint density at radius 3 is 2.42 bits per heavy atom. The van der Waals surface area contributed by atoms with E-state index in [2.05, 4.69) is 11.8 Å². The predicted molar refractivity (Wildman–Crippen MR) is 51.0 cm³/mol. The van der Waals surface area contributed by atoms with Crippen molar-refractivity contribution in [1.82, 2.24) is 4.90 Å². The van der Waals surface area contributed by atoms with Gasteiger partial charge in [-0.05, 0) is 44.7 Å². The van der Waals surface area contributed by atoms with Crippen LogP contribution in [0, 0.1) is 5.92 Å². The summed E-state index contributed by atoms with van der Waals surface area (Å²) in [5.74, 6) is 0.834. The maximum atomic E-state index is 5.90. The molecule has 0 amide bonds. The Kier molecular flexibility index (Phi) is 2.13. The molecule has 1 aliphatic carbocycles. The van der Waals surface area contributed by atoms with Gasteiger partial charge in [0, 0.05) is 12.1 Å². The molecular formula is C10H20N2. The van der Waals surface area contributed by atoms with E-state index in [0.717, 1.165) is 12.5 Å². The summed E-state index contributed by atoms with van der Waals surface area (Å²) in [5, 5.41) is 0. The minimum Gasteiger partial charge on any atom is -0.329 e. The summed E-state index contributed by atoms with van der Waals surface area (Å²) in [5.41, 5.74) is 6.31. The first-order valence-corrected chi connectivity index (χ1v) is 5.25. The van der Waals surface area contributed by atoms with Gasteiger partial charge in [0.1, 0.15) is 0 Å². The molecular weight excluding hydrogens is 148 g/mol. The van der Waals surface area contributed by atoms with Crippen LogP contribution in [-0.2, 0) is 0 Å². The molecule has 1 saturated heterocycles. The average molecular weight is 168 g/mol. The summed E-state index contributed by atoms with van der Waals surface area (Å²) in [6.07, 6.45) is 5.49. The Hall–Kier alpha value is -0.0800. The smallest absolute Gasteiger partial charge is 0.0357 e. The lowest BCUT2D eigenvalue weighted by Crippen LogP contribution is -2.62.